The van der Waals surface area contributed by atoms with E-state index < -0.39 is 41.5 Å². The summed E-state index contributed by atoms with van der Waals surface area (Å²) in [5.41, 5.74) is 1.63. The van der Waals surface area contributed by atoms with Gasteiger partial charge < -0.3 is 14.5 Å². The van der Waals surface area contributed by atoms with Gasteiger partial charge in [-0.3, -0.25) is 9.48 Å². The number of ether oxygens (including phenoxy) is 1. The Bertz CT molecular complexity index is 1020. The Morgan fingerprint density at radius 1 is 1.21 bits per heavy atom. The fourth-order valence-corrected chi connectivity index (χ4v) is 2.56. The second-order valence-corrected chi connectivity index (χ2v) is 6.13. The number of hydrogen-bond donors (Lipinski definition) is 1. The lowest BCUT2D eigenvalue weighted by molar-refractivity contribution is 0.0918. The average molecular weight is 411 g/mol. The molecule has 0 saturated carbocycles. The lowest BCUT2D eigenvalue weighted by atomic mass is 10.2. The first-order valence-corrected chi connectivity index (χ1v) is 8.65. The van der Waals surface area contributed by atoms with Crippen molar-refractivity contribution >= 4 is 5.91 Å². The Labute approximate surface area is 163 Å². The number of amides is 1. The maximum Gasteiger partial charge on any atom is 0.287 e. The van der Waals surface area contributed by atoms with Gasteiger partial charge >= 0.3 is 0 Å². The van der Waals surface area contributed by atoms with Crippen molar-refractivity contribution in [3.8, 4) is 5.75 Å². The van der Waals surface area contributed by atoms with E-state index in [0.29, 0.717) is 6.54 Å². The molecule has 3 rings (SSSR count). The standard InChI is InChI=1S/C19H17F4N3O3/c1-3-26-8-11(10(2)25-26)7-24-19(27)15-5-4-12(29-15)9-28-18-16(22)13(20)6-14(21)17(18)23/h4-6,8H,3,7,9H2,1-2H3,(H,24,27). The fraction of sp³-hybridized carbons (Fsp3) is 0.263. The molecule has 10 heteroatoms. The molecule has 2 heterocycles. The summed E-state index contributed by atoms with van der Waals surface area (Å²) in [5.74, 6) is -8.22. The van der Waals surface area contributed by atoms with Crippen LogP contribution in [-0.4, -0.2) is 15.7 Å². The molecule has 29 heavy (non-hydrogen) atoms. The van der Waals surface area contributed by atoms with E-state index in [-0.39, 0.29) is 24.1 Å². The predicted octanol–water partition coefficient (Wildman–Crippen LogP) is 3.87. The summed E-state index contributed by atoms with van der Waals surface area (Å²) in [6.07, 6.45) is 1.82. The van der Waals surface area contributed by atoms with Gasteiger partial charge in [0.1, 0.15) is 12.4 Å². The van der Waals surface area contributed by atoms with E-state index in [1.165, 1.54) is 12.1 Å². The van der Waals surface area contributed by atoms with E-state index in [4.69, 9.17) is 9.15 Å². The summed E-state index contributed by atoms with van der Waals surface area (Å²) in [5, 5.41) is 6.94. The molecule has 2 aromatic heterocycles. The van der Waals surface area contributed by atoms with Gasteiger partial charge in [-0.2, -0.15) is 13.9 Å². The van der Waals surface area contributed by atoms with Crippen molar-refractivity contribution in [3.63, 3.8) is 0 Å². The molecule has 0 atom stereocenters. The van der Waals surface area contributed by atoms with Crippen molar-refractivity contribution in [1.82, 2.24) is 15.1 Å². The van der Waals surface area contributed by atoms with Crippen LogP contribution < -0.4 is 10.1 Å². The SMILES string of the molecule is CCn1cc(CNC(=O)c2ccc(COc3c(F)c(F)cc(F)c3F)o2)c(C)n1. The van der Waals surface area contributed by atoms with Gasteiger partial charge in [0.25, 0.3) is 5.91 Å². The van der Waals surface area contributed by atoms with Crippen molar-refractivity contribution in [2.24, 2.45) is 0 Å². The molecule has 0 saturated heterocycles. The maximum absolute atomic E-state index is 13.6. The summed E-state index contributed by atoms with van der Waals surface area (Å²) < 4.78 is 65.4. The van der Waals surface area contributed by atoms with Crippen LogP contribution in [0.3, 0.4) is 0 Å². The summed E-state index contributed by atoms with van der Waals surface area (Å²) >= 11 is 0. The molecule has 0 radical (unpaired) electrons. The predicted molar refractivity (Wildman–Crippen MR) is 93.1 cm³/mol. The van der Waals surface area contributed by atoms with Gasteiger partial charge in [-0.15, -0.1) is 0 Å². The van der Waals surface area contributed by atoms with E-state index >= 15 is 0 Å². The van der Waals surface area contributed by atoms with Crippen LogP contribution in [0.25, 0.3) is 0 Å². The van der Waals surface area contributed by atoms with Crippen LogP contribution in [0.15, 0.2) is 28.8 Å². The van der Waals surface area contributed by atoms with Crippen molar-refractivity contribution in [3.05, 3.63) is 70.4 Å². The van der Waals surface area contributed by atoms with E-state index in [1.807, 2.05) is 20.0 Å². The summed E-state index contributed by atoms with van der Waals surface area (Å²) in [7, 11) is 0. The zero-order valence-corrected chi connectivity index (χ0v) is 15.6. The highest BCUT2D eigenvalue weighted by atomic mass is 19.2. The molecule has 0 spiro atoms. The van der Waals surface area contributed by atoms with Crippen molar-refractivity contribution in [1.29, 1.82) is 0 Å². The Balaban J connectivity index is 1.62. The number of aryl methyl sites for hydroxylation is 2. The largest absolute Gasteiger partial charge is 0.479 e. The highest BCUT2D eigenvalue weighted by Crippen LogP contribution is 2.27. The van der Waals surface area contributed by atoms with Crippen molar-refractivity contribution in [2.45, 2.75) is 33.5 Å². The number of aromatic nitrogens is 2. The van der Waals surface area contributed by atoms with Crippen LogP contribution in [0.5, 0.6) is 5.75 Å². The number of nitrogens with zero attached hydrogens (tertiary/aromatic N) is 2. The third kappa shape index (κ3) is 4.41. The van der Waals surface area contributed by atoms with Gasteiger partial charge in [-0.25, -0.2) is 8.78 Å². The number of carbonyl (C=O) groups is 1. The van der Waals surface area contributed by atoms with Gasteiger partial charge in [0.2, 0.25) is 11.6 Å². The molecule has 0 fully saturated rings. The molecule has 1 N–H and O–H groups in total. The van der Waals surface area contributed by atoms with Crippen LogP contribution >= 0.6 is 0 Å². The molecule has 0 bridgehead atoms. The second kappa shape index (κ2) is 8.38. The monoisotopic (exact) mass is 411 g/mol. The Morgan fingerprint density at radius 2 is 1.90 bits per heavy atom. The average Bonchev–Trinajstić information content (AvgIpc) is 3.31. The molecule has 0 aliphatic rings. The number of benzene rings is 1. The smallest absolute Gasteiger partial charge is 0.287 e. The molecule has 0 aliphatic carbocycles. The number of furan rings is 1. The van der Waals surface area contributed by atoms with Gasteiger partial charge in [0.15, 0.2) is 23.1 Å². The molecule has 1 amide bonds. The van der Waals surface area contributed by atoms with Crippen LogP contribution in [-0.2, 0) is 19.7 Å². The minimum absolute atomic E-state index is 0.0357. The molecular weight excluding hydrogens is 394 g/mol. The minimum atomic E-state index is -1.66. The number of hydrogen-bond acceptors (Lipinski definition) is 4. The number of carbonyl (C=O) groups excluding carboxylic acids is 1. The summed E-state index contributed by atoms with van der Waals surface area (Å²) in [6.45, 7) is 4.16. The first-order chi connectivity index (χ1) is 13.8. The van der Waals surface area contributed by atoms with E-state index in [2.05, 4.69) is 10.4 Å². The highest BCUT2D eigenvalue weighted by molar-refractivity contribution is 5.91. The van der Waals surface area contributed by atoms with Gasteiger partial charge in [0, 0.05) is 30.9 Å². The molecule has 154 valence electrons. The molecule has 0 unspecified atom stereocenters. The number of halogens is 4. The highest BCUT2D eigenvalue weighted by Gasteiger charge is 2.21. The summed E-state index contributed by atoms with van der Waals surface area (Å²) in [4.78, 5) is 12.2. The van der Waals surface area contributed by atoms with E-state index in [1.54, 1.807) is 4.68 Å². The lowest BCUT2D eigenvalue weighted by Gasteiger charge is -2.08. The zero-order chi connectivity index (χ0) is 21.1. The number of nitrogens with one attached hydrogen (secondary N) is 1. The van der Waals surface area contributed by atoms with E-state index in [0.717, 1.165) is 11.3 Å². The Kier molecular flexibility index (Phi) is 5.90. The molecule has 6 nitrogen and oxygen atoms in total. The van der Waals surface area contributed by atoms with Crippen molar-refractivity contribution < 1.29 is 31.5 Å². The zero-order valence-electron chi connectivity index (χ0n) is 15.6. The van der Waals surface area contributed by atoms with Crippen LogP contribution in [0.2, 0.25) is 0 Å². The van der Waals surface area contributed by atoms with Crippen LogP contribution in [0.1, 0.15) is 34.5 Å². The molecule has 1 aromatic carbocycles. The maximum atomic E-state index is 13.6. The van der Waals surface area contributed by atoms with Gasteiger partial charge in [0.05, 0.1) is 5.69 Å². The Morgan fingerprint density at radius 3 is 2.52 bits per heavy atom. The first kappa shape index (κ1) is 20.4. The van der Waals surface area contributed by atoms with Gasteiger partial charge in [-0.1, -0.05) is 0 Å². The van der Waals surface area contributed by atoms with Crippen molar-refractivity contribution in [2.75, 3.05) is 0 Å². The third-order valence-corrected chi connectivity index (χ3v) is 4.13. The molecular formula is C19H17F4N3O3. The quantitative estimate of drug-likeness (QED) is 0.473. The number of rotatable bonds is 7. The topological polar surface area (TPSA) is 69.3 Å². The van der Waals surface area contributed by atoms with Crippen LogP contribution in [0, 0.1) is 30.2 Å². The Hall–Kier alpha value is -3.30. The van der Waals surface area contributed by atoms with E-state index in [9.17, 15) is 22.4 Å². The molecule has 3 aromatic rings. The lowest BCUT2D eigenvalue weighted by Crippen LogP contribution is -2.22. The van der Waals surface area contributed by atoms with Crippen LogP contribution in [0.4, 0.5) is 17.6 Å². The first-order valence-electron chi connectivity index (χ1n) is 8.65. The van der Waals surface area contributed by atoms with Gasteiger partial charge in [-0.05, 0) is 26.0 Å². The molecule has 0 aliphatic heterocycles. The normalized spacial score (nSPS) is 11.0. The fourth-order valence-electron chi connectivity index (χ4n) is 2.56. The summed E-state index contributed by atoms with van der Waals surface area (Å²) in [6, 6.07) is 2.77. The third-order valence-electron chi connectivity index (χ3n) is 4.13. The second-order valence-electron chi connectivity index (χ2n) is 6.13. The minimum Gasteiger partial charge on any atom is -0.479 e.